The van der Waals surface area contributed by atoms with Crippen molar-refractivity contribution in [3.63, 3.8) is 0 Å². The minimum atomic E-state index is -4.72. The van der Waals surface area contributed by atoms with Crippen molar-refractivity contribution in [1.29, 1.82) is 0 Å². The summed E-state index contributed by atoms with van der Waals surface area (Å²) in [7, 11) is -1.49. The molecule has 2 aliphatic heterocycles. The first-order chi connectivity index (χ1) is 16.6. The third-order valence-electron chi connectivity index (χ3n) is 5.69. The number of benzene rings is 1. The number of aromatic nitrogens is 2. The van der Waals surface area contributed by atoms with E-state index in [1.807, 2.05) is 12.1 Å². The number of rotatable bonds is 3. The molecule has 2 atom stereocenters. The molecule has 0 radical (unpaired) electrons. The first-order valence-electron chi connectivity index (χ1n) is 10.5. The zero-order chi connectivity index (χ0) is 24.9. The molecule has 0 bridgehead atoms. The van der Waals surface area contributed by atoms with E-state index in [9.17, 15) is 21.6 Å². The van der Waals surface area contributed by atoms with Crippen LogP contribution in [0.2, 0.25) is 5.02 Å². The molecule has 2 N–H and O–H groups in total. The molecule has 0 saturated heterocycles. The summed E-state index contributed by atoms with van der Waals surface area (Å²) in [5.74, 6) is 0.173. The predicted molar refractivity (Wildman–Crippen MR) is 131 cm³/mol. The third-order valence-corrected chi connectivity index (χ3v) is 10.5. The lowest BCUT2D eigenvalue weighted by Crippen LogP contribution is -2.23. The largest absolute Gasteiger partial charge is 0.420 e. The number of alkyl halides is 3. The van der Waals surface area contributed by atoms with Gasteiger partial charge in [0.1, 0.15) is 20.8 Å². The Bertz CT molecular complexity index is 1360. The van der Waals surface area contributed by atoms with E-state index in [0.717, 1.165) is 35.4 Å². The number of hydrogen-bond donors (Lipinski definition) is 2. The van der Waals surface area contributed by atoms with Crippen LogP contribution in [0.1, 0.15) is 16.7 Å². The molecule has 186 valence electrons. The molecule has 35 heavy (non-hydrogen) atoms. The number of thiophene rings is 1. The standard InChI is InChI=1S/C21H19ClF3N5O2S3/c1-30-4-5-34(31)17-8-16(33-19(17)35(30)32)18-13(21(23,24)25)10-27-20(29-18)28-15-7-11-2-3-26-9-12(11)6-14(15)22/h6-8,10,26H,2-5,9H2,1H3,(H,27,28,29). The Balaban J connectivity index is 1.58. The fraction of sp³-hybridized carbons (Fsp3) is 0.333. The van der Waals surface area contributed by atoms with E-state index in [0.29, 0.717) is 30.0 Å². The molecule has 4 heterocycles. The molecular formula is C21H19ClF3N5O2S3. The van der Waals surface area contributed by atoms with E-state index in [2.05, 4.69) is 20.6 Å². The van der Waals surface area contributed by atoms with Gasteiger partial charge in [0, 0.05) is 32.1 Å². The van der Waals surface area contributed by atoms with Crippen molar-refractivity contribution >= 4 is 56.4 Å². The van der Waals surface area contributed by atoms with Crippen LogP contribution in [-0.2, 0) is 40.9 Å². The van der Waals surface area contributed by atoms with Crippen LogP contribution in [0, 0.1) is 0 Å². The summed E-state index contributed by atoms with van der Waals surface area (Å²) < 4.78 is 68.8. The monoisotopic (exact) mass is 561 g/mol. The summed E-state index contributed by atoms with van der Waals surface area (Å²) in [6, 6.07) is 5.07. The van der Waals surface area contributed by atoms with Gasteiger partial charge in [0.05, 0.1) is 37.0 Å². The minimum absolute atomic E-state index is 0.0632. The summed E-state index contributed by atoms with van der Waals surface area (Å²) in [6.07, 6.45) is -3.21. The fourth-order valence-electron chi connectivity index (χ4n) is 3.86. The molecule has 14 heteroatoms. The number of fused-ring (bicyclic) bond motifs is 2. The van der Waals surface area contributed by atoms with Crippen LogP contribution in [0.15, 0.2) is 33.5 Å². The Morgan fingerprint density at radius 2 is 2.03 bits per heavy atom. The average Bonchev–Trinajstić information content (AvgIpc) is 3.23. The molecular weight excluding hydrogens is 543 g/mol. The van der Waals surface area contributed by atoms with Gasteiger partial charge in [-0.25, -0.2) is 18.5 Å². The molecule has 0 fully saturated rings. The number of nitrogens with one attached hydrogen (secondary N) is 2. The van der Waals surface area contributed by atoms with E-state index < -0.39 is 33.5 Å². The van der Waals surface area contributed by atoms with Crippen LogP contribution in [0.4, 0.5) is 24.8 Å². The molecule has 1 aromatic carbocycles. The van der Waals surface area contributed by atoms with Gasteiger partial charge in [-0.1, -0.05) is 11.6 Å². The summed E-state index contributed by atoms with van der Waals surface area (Å²) in [5.41, 5.74) is 1.23. The topological polar surface area (TPSA) is 87.2 Å². The zero-order valence-corrected chi connectivity index (χ0v) is 21.4. The van der Waals surface area contributed by atoms with Crippen molar-refractivity contribution in [1.82, 2.24) is 19.6 Å². The second kappa shape index (κ2) is 9.52. The molecule has 0 aliphatic carbocycles. The molecule has 5 rings (SSSR count). The normalized spacial score (nSPS) is 20.7. The lowest BCUT2D eigenvalue weighted by molar-refractivity contribution is -0.137. The maximum Gasteiger partial charge on any atom is 0.420 e. The Labute approximate surface area is 213 Å². The smallest absolute Gasteiger partial charge is 0.323 e. The minimum Gasteiger partial charge on any atom is -0.323 e. The second-order valence-corrected chi connectivity index (χ2v) is 12.8. The third kappa shape index (κ3) is 4.89. The predicted octanol–water partition coefficient (Wildman–Crippen LogP) is 4.34. The van der Waals surface area contributed by atoms with Crippen molar-refractivity contribution in [3.8, 4) is 10.6 Å². The van der Waals surface area contributed by atoms with Crippen LogP contribution in [0.5, 0.6) is 0 Å². The van der Waals surface area contributed by atoms with Gasteiger partial charge in [-0.15, -0.1) is 11.3 Å². The maximum absolute atomic E-state index is 13.9. The molecule has 3 aromatic rings. The first kappa shape index (κ1) is 24.8. The van der Waals surface area contributed by atoms with Crippen molar-refractivity contribution in [2.75, 3.05) is 31.2 Å². The summed E-state index contributed by atoms with van der Waals surface area (Å²) in [6.45, 7) is 1.86. The van der Waals surface area contributed by atoms with Crippen molar-refractivity contribution in [2.45, 2.75) is 28.2 Å². The van der Waals surface area contributed by atoms with E-state index in [1.54, 1.807) is 7.05 Å². The lowest BCUT2D eigenvalue weighted by atomic mass is 10.0. The van der Waals surface area contributed by atoms with Gasteiger partial charge in [0.2, 0.25) is 5.95 Å². The van der Waals surface area contributed by atoms with Gasteiger partial charge >= 0.3 is 6.18 Å². The molecule has 0 amide bonds. The van der Waals surface area contributed by atoms with E-state index in [1.165, 1.54) is 10.4 Å². The molecule has 0 saturated carbocycles. The molecule has 7 nitrogen and oxygen atoms in total. The average molecular weight is 562 g/mol. The summed E-state index contributed by atoms with van der Waals surface area (Å²) in [4.78, 5) is 8.46. The molecule has 2 unspecified atom stereocenters. The van der Waals surface area contributed by atoms with E-state index >= 15 is 0 Å². The quantitative estimate of drug-likeness (QED) is 0.495. The fourth-order valence-corrected chi connectivity index (χ4v) is 8.77. The van der Waals surface area contributed by atoms with Crippen molar-refractivity contribution in [2.24, 2.45) is 0 Å². The lowest BCUT2D eigenvalue weighted by Gasteiger charge is -2.19. The molecule has 0 spiro atoms. The van der Waals surface area contributed by atoms with Gasteiger partial charge < -0.3 is 10.6 Å². The SMILES string of the molecule is CN1CCS(=O)c2cc(-c3nc(Nc4cc5c(cc4Cl)CNCC5)ncc3C(F)(F)F)sc2S1=O. The van der Waals surface area contributed by atoms with E-state index in [4.69, 9.17) is 11.6 Å². The summed E-state index contributed by atoms with van der Waals surface area (Å²) in [5, 5.41) is 6.60. The second-order valence-electron chi connectivity index (χ2n) is 8.02. The van der Waals surface area contributed by atoms with Crippen LogP contribution < -0.4 is 10.6 Å². The summed E-state index contributed by atoms with van der Waals surface area (Å²) >= 11 is 7.30. The van der Waals surface area contributed by atoms with Crippen LogP contribution in [0.3, 0.4) is 0 Å². The highest BCUT2D eigenvalue weighted by molar-refractivity contribution is 7.89. The number of halogens is 4. The number of nitrogens with zero attached hydrogens (tertiary/aromatic N) is 3. The highest BCUT2D eigenvalue weighted by Crippen LogP contribution is 2.42. The van der Waals surface area contributed by atoms with E-state index in [-0.39, 0.29) is 31.4 Å². The number of hydrogen-bond acceptors (Lipinski definition) is 7. The molecule has 2 aliphatic rings. The van der Waals surface area contributed by atoms with Crippen LogP contribution in [-0.4, -0.2) is 48.6 Å². The van der Waals surface area contributed by atoms with Crippen molar-refractivity contribution in [3.05, 3.63) is 46.1 Å². The highest BCUT2D eigenvalue weighted by atomic mass is 35.5. The number of anilines is 2. The Morgan fingerprint density at radius 1 is 1.23 bits per heavy atom. The van der Waals surface area contributed by atoms with Gasteiger partial charge in [-0.05, 0) is 42.3 Å². The zero-order valence-electron chi connectivity index (χ0n) is 18.2. The maximum atomic E-state index is 13.9. The van der Waals surface area contributed by atoms with Crippen LogP contribution >= 0.6 is 22.9 Å². The first-order valence-corrected chi connectivity index (χ1v) is 14.1. The van der Waals surface area contributed by atoms with Gasteiger partial charge in [0.15, 0.2) is 0 Å². The van der Waals surface area contributed by atoms with Crippen LogP contribution in [0.25, 0.3) is 10.6 Å². The van der Waals surface area contributed by atoms with Gasteiger partial charge in [-0.2, -0.15) is 13.2 Å². The molecule has 2 aromatic heterocycles. The van der Waals surface area contributed by atoms with Gasteiger partial charge in [0.25, 0.3) is 0 Å². The van der Waals surface area contributed by atoms with Gasteiger partial charge in [-0.3, -0.25) is 4.21 Å². The Kier molecular flexibility index (Phi) is 6.74. The Hall–Kier alpha value is -1.90. The Morgan fingerprint density at radius 3 is 2.80 bits per heavy atom. The highest BCUT2D eigenvalue weighted by Gasteiger charge is 2.37. The van der Waals surface area contributed by atoms with Crippen molar-refractivity contribution < 1.29 is 21.6 Å².